The van der Waals surface area contributed by atoms with E-state index in [0.29, 0.717) is 23.8 Å². The fourth-order valence-corrected chi connectivity index (χ4v) is 3.99. The molecule has 1 N–H and O–H groups in total. The summed E-state index contributed by atoms with van der Waals surface area (Å²) < 4.78 is 23.4. The van der Waals surface area contributed by atoms with E-state index in [4.69, 9.17) is 0 Å². The zero-order valence-corrected chi connectivity index (χ0v) is 10.1. The lowest BCUT2D eigenvalue weighted by atomic mass is 10.1. The third-order valence-electron chi connectivity index (χ3n) is 2.64. The van der Waals surface area contributed by atoms with Crippen LogP contribution in [0.5, 0.6) is 0 Å². The first-order valence-corrected chi connectivity index (χ1v) is 7.84. The van der Waals surface area contributed by atoms with Crippen LogP contribution >= 0.6 is 11.3 Å². The molecule has 15 heavy (non-hydrogen) atoms. The topological polar surface area (TPSA) is 46.2 Å². The second-order valence-electron chi connectivity index (χ2n) is 4.02. The first kappa shape index (κ1) is 11.1. The average Bonchev–Trinajstić information content (AvgIpc) is 2.61. The molecule has 0 saturated carbocycles. The molecule has 1 aromatic rings. The first-order chi connectivity index (χ1) is 7.16. The summed E-state index contributed by atoms with van der Waals surface area (Å²) in [5.74, 6) is 0.988. The van der Waals surface area contributed by atoms with Crippen LogP contribution < -0.4 is 5.32 Å². The Morgan fingerprint density at radius 1 is 1.47 bits per heavy atom. The molecule has 1 aliphatic rings. The Hall–Kier alpha value is -0.390. The molecule has 0 spiro atoms. The van der Waals surface area contributed by atoms with Crippen molar-refractivity contribution in [1.29, 1.82) is 0 Å². The van der Waals surface area contributed by atoms with Gasteiger partial charge in [-0.2, -0.15) is 11.3 Å². The normalized spacial score (nSPS) is 17.6. The van der Waals surface area contributed by atoms with Crippen LogP contribution in [0.2, 0.25) is 0 Å². The Balaban J connectivity index is 1.82. The molecule has 5 heteroatoms. The zero-order chi connectivity index (χ0) is 10.7. The third-order valence-corrected chi connectivity index (χ3v) is 5.17. The molecule has 1 aromatic heterocycles. The Morgan fingerprint density at radius 2 is 2.27 bits per heavy atom. The van der Waals surface area contributed by atoms with Crippen molar-refractivity contribution in [3.05, 3.63) is 22.4 Å². The number of aryl methyl sites for hydroxylation is 1. The van der Waals surface area contributed by atoms with Gasteiger partial charge in [-0.15, -0.1) is 0 Å². The molecule has 0 aliphatic carbocycles. The highest BCUT2D eigenvalue weighted by Gasteiger charge is 2.23. The highest BCUT2D eigenvalue weighted by atomic mass is 32.2. The van der Waals surface area contributed by atoms with Gasteiger partial charge in [-0.3, -0.25) is 0 Å². The van der Waals surface area contributed by atoms with E-state index < -0.39 is 9.84 Å². The standard InChI is InChI=1S/C10H15NO2S2/c12-15(13,8-10-5-11-6-10)4-2-9-1-3-14-7-9/h1,3,7,10-11H,2,4-6,8H2. The van der Waals surface area contributed by atoms with E-state index in [0.717, 1.165) is 18.7 Å². The summed E-state index contributed by atoms with van der Waals surface area (Å²) in [5.41, 5.74) is 1.13. The molecule has 1 saturated heterocycles. The molecule has 84 valence electrons. The predicted octanol–water partition coefficient (Wildman–Crippen LogP) is 0.925. The second kappa shape index (κ2) is 4.63. The van der Waals surface area contributed by atoms with Gasteiger partial charge in [0, 0.05) is 13.1 Å². The summed E-state index contributed by atoms with van der Waals surface area (Å²) in [5, 5.41) is 7.09. The lowest BCUT2D eigenvalue weighted by Crippen LogP contribution is -2.45. The van der Waals surface area contributed by atoms with Crippen LogP contribution in [-0.4, -0.2) is 33.0 Å². The number of rotatable bonds is 5. The van der Waals surface area contributed by atoms with E-state index in [9.17, 15) is 8.42 Å². The smallest absolute Gasteiger partial charge is 0.151 e. The van der Waals surface area contributed by atoms with Gasteiger partial charge in [0.2, 0.25) is 0 Å². The maximum atomic E-state index is 11.7. The van der Waals surface area contributed by atoms with Crippen LogP contribution in [0.15, 0.2) is 16.8 Å². The molecule has 3 nitrogen and oxygen atoms in total. The molecule has 2 heterocycles. The Bertz CT molecular complexity index is 393. The molecular weight excluding hydrogens is 230 g/mol. The minimum atomic E-state index is -2.85. The molecule has 0 radical (unpaired) electrons. The molecule has 1 fully saturated rings. The maximum absolute atomic E-state index is 11.7. The van der Waals surface area contributed by atoms with E-state index >= 15 is 0 Å². The fourth-order valence-electron chi connectivity index (χ4n) is 1.62. The van der Waals surface area contributed by atoms with Crippen molar-refractivity contribution in [1.82, 2.24) is 5.32 Å². The molecule has 0 bridgehead atoms. The molecule has 1 aliphatic heterocycles. The lowest BCUT2D eigenvalue weighted by Gasteiger charge is -2.26. The molecule has 0 atom stereocenters. The summed E-state index contributed by atoms with van der Waals surface area (Å²) in [6, 6.07) is 1.99. The van der Waals surface area contributed by atoms with E-state index in [1.165, 1.54) is 0 Å². The molecule has 0 unspecified atom stereocenters. The largest absolute Gasteiger partial charge is 0.316 e. The van der Waals surface area contributed by atoms with Crippen molar-refractivity contribution in [3.63, 3.8) is 0 Å². The summed E-state index contributed by atoms with van der Waals surface area (Å²) >= 11 is 1.61. The Labute approximate surface area is 94.4 Å². The maximum Gasteiger partial charge on any atom is 0.151 e. The molecular formula is C10H15NO2S2. The first-order valence-electron chi connectivity index (χ1n) is 5.08. The van der Waals surface area contributed by atoms with Gasteiger partial charge in [0.1, 0.15) is 0 Å². The van der Waals surface area contributed by atoms with E-state index in [1.54, 1.807) is 11.3 Å². The number of sulfone groups is 1. The van der Waals surface area contributed by atoms with Gasteiger partial charge in [0.25, 0.3) is 0 Å². The van der Waals surface area contributed by atoms with Crippen LogP contribution in [0, 0.1) is 5.92 Å². The van der Waals surface area contributed by atoms with Gasteiger partial charge in [0.15, 0.2) is 9.84 Å². The van der Waals surface area contributed by atoms with E-state index in [-0.39, 0.29) is 0 Å². The van der Waals surface area contributed by atoms with Gasteiger partial charge >= 0.3 is 0 Å². The SMILES string of the molecule is O=S(=O)(CCc1ccsc1)CC1CNC1. The predicted molar refractivity (Wildman–Crippen MR) is 63.0 cm³/mol. The number of thiophene rings is 1. The molecule has 0 aromatic carbocycles. The van der Waals surface area contributed by atoms with Gasteiger partial charge in [0.05, 0.1) is 11.5 Å². The van der Waals surface area contributed by atoms with Crippen LogP contribution in [0.25, 0.3) is 0 Å². The van der Waals surface area contributed by atoms with Crippen molar-refractivity contribution >= 4 is 21.2 Å². The average molecular weight is 245 g/mol. The quantitative estimate of drug-likeness (QED) is 0.839. The lowest BCUT2D eigenvalue weighted by molar-refractivity contribution is 0.378. The van der Waals surface area contributed by atoms with Crippen molar-refractivity contribution < 1.29 is 8.42 Å². The van der Waals surface area contributed by atoms with E-state index in [1.807, 2.05) is 16.8 Å². The zero-order valence-electron chi connectivity index (χ0n) is 8.48. The molecule has 0 amide bonds. The van der Waals surface area contributed by atoms with Gasteiger partial charge in [-0.1, -0.05) is 0 Å². The number of nitrogens with one attached hydrogen (secondary N) is 1. The molecule has 2 rings (SSSR count). The second-order valence-corrected chi connectivity index (χ2v) is 7.03. The van der Waals surface area contributed by atoms with Crippen LogP contribution in [-0.2, 0) is 16.3 Å². The Morgan fingerprint density at radius 3 is 2.80 bits per heavy atom. The van der Waals surface area contributed by atoms with Crippen LogP contribution in [0.3, 0.4) is 0 Å². The van der Waals surface area contributed by atoms with Gasteiger partial charge < -0.3 is 5.32 Å². The highest BCUT2D eigenvalue weighted by molar-refractivity contribution is 7.91. The fraction of sp³-hybridized carbons (Fsp3) is 0.600. The van der Waals surface area contributed by atoms with Crippen molar-refractivity contribution in [2.75, 3.05) is 24.6 Å². The summed E-state index contributed by atoms with van der Waals surface area (Å²) in [4.78, 5) is 0. The van der Waals surface area contributed by atoms with Crippen LogP contribution in [0.4, 0.5) is 0 Å². The van der Waals surface area contributed by atoms with Crippen molar-refractivity contribution in [2.45, 2.75) is 6.42 Å². The van der Waals surface area contributed by atoms with Gasteiger partial charge in [-0.05, 0) is 34.7 Å². The van der Waals surface area contributed by atoms with Crippen molar-refractivity contribution in [3.8, 4) is 0 Å². The number of hydrogen-bond donors (Lipinski definition) is 1. The van der Waals surface area contributed by atoms with Crippen LogP contribution in [0.1, 0.15) is 5.56 Å². The van der Waals surface area contributed by atoms with E-state index in [2.05, 4.69) is 5.32 Å². The Kier molecular flexibility index (Phi) is 3.43. The highest BCUT2D eigenvalue weighted by Crippen LogP contribution is 2.11. The van der Waals surface area contributed by atoms with Crippen molar-refractivity contribution in [2.24, 2.45) is 5.92 Å². The number of hydrogen-bond acceptors (Lipinski definition) is 4. The minimum Gasteiger partial charge on any atom is -0.316 e. The van der Waals surface area contributed by atoms with Gasteiger partial charge in [-0.25, -0.2) is 8.42 Å². The monoisotopic (exact) mass is 245 g/mol. The summed E-state index contributed by atoms with van der Waals surface area (Å²) in [6.07, 6.45) is 0.659. The third kappa shape index (κ3) is 3.29. The summed E-state index contributed by atoms with van der Waals surface area (Å²) in [7, 11) is -2.85. The minimum absolute atomic E-state index is 0.292. The summed E-state index contributed by atoms with van der Waals surface area (Å²) in [6.45, 7) is 1.72.